The van der Waals surface area contributed by atoms with Gasteiger partial charge in [-0.1, -0.05) is 146 Å². The lowest BCUT2D eigenvalue weighted by Gasteiger charge is -2.26. The third-order valence-electron chi connectivity index (χ3n) is 10.0. The number of nitrogens with zero attached hydrogens (tertiary/aromatic N) is 1. The Bertz CT molecular complexity index is 2940. The van der Waals surface area contributed by atoms with Crippen LogP contribution in [0.4, 0.5) is 17.1 Å². The number of rotatable bonds is 3. The van der Waals surface area contributed by atoms with Crippen LogP contribution < -0.4 is 4.90 Å². The van der Waals surface area contributed by atoms with Crippen LogP contribution in [0.5, 0.6) is 0 Å². The maximum Gasteiger partial charge on any atom is 0.0468 e. The molecule has 234 valence electrons. The molecule has 0 radical (unpaired) electrons. The van der Waals surface area contributed by atoms with Crippen molar-refractivity contribution in [1.29, 1.82) is 0 Å². The maximum atomic E-state index is 2.41. The van der Waals surface area contributed by atoms with Gasteiger partial charge in [-0.25, -0.2) is 0 Å². The monoisotopic (exact) mass is 653 g/mol. The molecule has 0 N–H and O–H groups in total. The van der Waals surface area contributed by atoms with E-state index in [2.05, 4.69) is 193 Å². The fourth-order valence-electron chi connectivity index (χ4n) is 7.85. The van der Waals surface area contributed by atoms with Crippen molar-refractivity contribution in [2.45, 2.75) is 0 Å². The minimum absolute atomic E-state index is 1.12. The summed E-state index contributed by atoms with van der Waals surface area (Å²) in [5.41, 5.74) is 3.36. The van der Waals surface area contributed by atoms with Crippen molar-refractivity contribution in [3.8, 4) is 0 Å². The number of para-hydroxylation sites is 2. The first-order valence-corrected chi connectivity index (χ1v) is 17.9. The van der Waals surface area contributed by atoms with E-state index in [1.807, 2.05) is 11.3 Å². The third kappa shape index (κ3) is 4.53. The van der Waals surface area contributed by atoms with Gasteiger partial charge in [-0.05, 0) is 90.9 Å². The Morgan fingerprint density at radius 1 is 0.280 bits per heavy atom. The molecule has 0 amide bonds. The van der Waals surface area contributed by atoms with Gasteiger partial charge in [-0.3, -0.25) is 0 Å². The second-order valence-corrected chi connectivity index (χ2v) is 13.9. The molecule has 0 aliphatic carbocycles. The number of fused-ring (bicyclic) bond motifs is 14. The summed E-state index contributed by atoms with van der Waals surface area (Å²) in [6.45, 7) is 0. The highest BCUT2D eigenvalue weighted by Crippen LogP contribution is 2.45. The van der Waals surface area contributed by atoms with Crippen molar-refractivity contribution in [2.24, 2.45) is 0 Å². The Balaban J connectivity index is 1.48. The van der Waals surface area contributed by atoms with Gasteiger partial charge in [0.2, 0.25) is 0 Å². The van der Waals surface area contributed by atoms with Crippen molar-refractivity contribution in [2.75, 3.05) is 4.90 Å². The molecule has 10 aromatic rings. The summed E-state index contributed by atoms with van der Waals surface area (Å²) in [6, 6.07) is 68.8. The highest BCUT2D eigenvalue weighted by atomic mass is 32.1. The average Bonchev–Trinajstić information content (AvgIpc) is 3.57. The van der Waals surface area contributed by atoms with Crippen molar-refractivity contribution in [3.05, 3.63) is 188 Å². The van der Waals surface area contributed by atoms with E-state index in [0.29, 0.717) is 0 Å². The van der Waals surface area contributed by atoms with Crippen LogP contribution in [0.3, 0.4) is 0 Å². The molecule has 0 saturated carbocycles. The molecular formula is C48H31NS. The Labute approximate surface area is 294 Å². The minimum atomic E-state index is 1.12. The lowest BCUT2D eigenvalue weighted by atomic mass is 9.93. The SMILES string of the molecule is c1ccc(N(c2ccccc2)c2ccc3c(c2)c2ccccc2c2ccccc2c2ccccc2c2c3ccc3c4ccccc4sc32)cc1. The van der Waals surface area contributed by atoms with Crippen LogP contribution in [0.25, 0.3) is 74.0 Å². The standard InChI is InChI=1S/C48H31NS/c1-3-15-32(16-4-1)49(33-17-5-2-6-18-33)34-27-28-40-43-29-30-44-41-24-13-14-26-46(41)50-48(44)47(43)42-25-12-11-22-38(42)36-20-8-7-19-35(36)37-21-9-10-23-39(37)45(40)31-34/h1-31H. The van der Waals surface area contributed by atoms with Crippen molar-refractivity contribution in [1.82, 2.24) is 0 Å². The normalized spacial score (nSPS) is 11.6. The zero-order valence-electron chi connectivity index (χ0n) is 27.3. The molecule has 10 rings (SSSR count). The fourth-order valence-corrected chi connectivity index (χ4v) is 9.12. The van der Waals surface area contributed by atoms with E-state index < -0.39 is 0 Å². The second-order valence-electron chi connectivity index (χ2n) is 12.8. The van der Waals surface area contributed by atoms with Crippen molar-refractivity contribution < 1.29 is 0 Å². The molecule has 0 fully saturated rings. The minimum Gasteiger partial charge on any atom is -0.310 e. The van der Waals surface area contributed by atoms with Crippen LogP contribution in [0, 0.1) is 0 Å². The van der Waals surface area contributed by atoms with Gasteiger partial charge in [0.25, 0.3) is 0 Å². The summed E-state index contributed by atoms with van der Waals surface area (Å²) in [4.78, 5) is 2.36. The van der Waals surface area contributed by atoms with Crippen molar-refractivity contribution in [3.63, 3.8) is 0 Å². The predicted octanol–water partition coefficient (Wildman–Crippen LogP) is 14.4. The number of anilines is 3. The molecule has 0 aliphatic rings. The quantitative estimate of drug-likeness (QED) is 0.183. The number of thiophene rings is 1. The first kappa shape index (κ1) is 28.8. The molecule has 1 aromatic heterocycles. The summed E-state index contributed by atoms with van der Waals surface area (Å²) in [6.07, 6.45) is 0. The van der Waals surface area contributed by atoms with Gasteiger partial charge in [-0.15, -0.1) is 11.3 Å². The van der Waals surface area contributed by atoms with E-state index >= 15 is 0 Å². The summed E-state index contributed by atoms with van der Waals surface area (Å²) < 4.78 is 2.64. The van der Waals surface area contributed by atoms with Gasteiger partial charge < -0.3 is 4.90 Å². The topological polar surface area (TPSA) is 3.24 Å². The average molecular weight is 654 g/mol. The molecule has 0 bridgehead atoms. The molecule has 0 atom stereocenters. The molecule has 0 spiro atoms. The van der Waals surface area contributed by atoms with Crippen LogP contribution >= 0.6 is 11.3 Å². The smallest absolute Gasteiger partial charge is 0.0468 e. The van der Waals surface area contributed by atoms with E-state index in [1.165, 1.54) is 74.0 Å². The summed E-state index contributed by atoms with van der Waals surface area (Å²) in [5.74, 6) is 0. The van der Waals surface area contributed by atoms with Crippen LogP contribution in [0.15, 0.2) is 188 Å². The van der Waals surface area contributed by atoms with Gasteiger partial charge in [0, 0.05) is 42.6 Å². The Morgan fingerprint density at radius 3 is 1.28 bits per heavy atom. The fraction of sp³-hybridized carbons (Fsp3) is 0. The van der Waals surface area contributed by atoms with Gasteiger partial charge in [0.15, 0.2) is 0 Å². The number of hydrogen-bond acceptors (Lipinski definition) is 2. The Morgan fingerprint density at radius 2 is 0.680 bits per heavy atom. The lowest BCUT2D eigenvalue weighted by molar-refractivity contribution is 1.29. The van der Waals surface area contributed by atoms with Gasteiger partial charge in [0.05, 0.1) is 0 Å². The Kier molecular flexibility index (Phi) is 6.75. The first-order valence-electron chi connectivity index (χ1n) is 17.1. The molecule has 0 saturated heterocycles. The van der Waals surface area contributed by atoms with Crippen LogP contribution in [0.1, 0.15) is 0 Å². The van der Waals surface area contributed by atoms with Crippen LogP contribution in [-0.2, 0) is 0 Å². The lowest BCUT2D eigenvalue weighted by Crippen LogP contribution is -2.09. The van der Waals surface area contributed by atoms with Crippen LogP contribution in [-0.4, -0.2) is 0 Å². The van der Waals surface area contributed by atoms with Gasteiger partial charge >= 0.3 is 0 Å². The molecule has 0 unspecified atom stereocenters. The van der Waals surface area contributed by atoms with E-state index in [9.17, 15) is 0 Å². The molecule has 1 heterocycles. The summed E-state index contributed by atoms with van der Waals surface area (Å²) in [5, 5.41) is 15.1. The zero-order valence-corrected chi connectivity index (χ0v) is 28.1. The van der Waals surface area contributed by atoms with Crippen molar-refractivity contribution >= 4 is 102 Å². The van der Waals surface area contributed by atoms with E-state index in [4.69, 9.17) is 0 Å². The summed E-state index contributed by atoms with van der Waals surface area (Å²) >= 11 is 1.90. The molecule has 9 aromatic carbocycles. The predicted molar refractivity (Wildman–Crippen MR) is 219 cm³/mol. The van der Waals surface area contributed by atoms with Gasteiger partial charge in [0.1, 0.15) is 0 Å². The third-order valence-corrected chi connectivity index (χ3v) is 11.3. The first-order chi connectivity index (χ1) is 24.8. The Hall–Kier alpha value is -6.22. The largest absolute Gasteiger partial charge is 0.310 e. The van der Waals surface area contributed by atoms with E-state index in [0.717, 1.165) is 17.1 Å². The zero-order chi connectivity index (χ0) is 33.0. The molecular weight excluding hydrogens is 623 g/mol. The molecule has 1 nitrogen and oxygen atoms in total. The maximum absolute atomic E-state index is 2.41. The van der Waals surface area contributed by atoms with Crippen LogP contribution in [0.2, 0.25) is 0 Å². The highest BCUT2D eigenvalue weighted by molar-refractivity contribution is 7.26. The summed E-state index contributed by atoms with van der Waals surface area (Å²) in [7, 11) is 0. The number of benzene rings is 8. The van der Waals surface area contributed by atoms with E-state index in [1.54, 1.807) is 0 Å². The number of hydrogen-bond donors (Lipinski definition) is 0. The molecule has 50 heavy (non-hydrogen) atoms. The second kappa shape index (κ2) is 11.7. The van der Waals surface area contributed by atoms with Gasteiger partial charge in [-0.2, -0.15) is 0 Å². The molecule has 2 heteroatoms. The highest BCUT2D eigenvalue weighted by Gasteiger charge is 2.16. The van der Waals surface area contributed by atoms with E-state index in [-0.39, 0.29) is 0 Å². The molecule has 0 aliphatic heterocycles.